The highest BCUT2D eigenvalue weighted by molar-refractivity contribution is 5.73. The van der Waals surface area contributed by atoms with E-state index in [2.05, 4.69) is 6.58 Å². The van der Waals surface area contributed by atoms with Crippen molar-refractivity contribution in [2.75, 3.05) is 0 Å². The first-order valence-corrected chi connectivity index (χ1v) is 6.76. The Hall–Kier alpha value is -1.00. The van der Waals surface area contributed by atoms with Crippen LogP contribution >= 0.6 is 0 Å². The van der Waals surface area contributed by atoms with Crippen molar-refractivity contribution >= 4 is 5.97 Å². The third-order valence-corrected chi connectivity index (χ3v) is 2.85. The van der Waals surface area contributed by atoms with Crippen molar-refractivity contribution in [3.63, 3.8) is 0 Å². The summed E-state index contributed by atoms with van der Waals surface area (Å²) in [4.78, 5) is 12.1. The fourth-order valence-corrected chi connectivity index (χ4v) is 1.86. The number of esters is 1. The van der Waals surface area contributed by atoms with E-state index in [9.17, 15) is 18.0 Å². The molecular formula is C15H25F3O2. The predicted octanol–water partition coefficient (Wildman–Crippen LogP) is 4.89. The van der Waals surface area contributed by atoms with Crippen molar-refractivity contribution in [3.05, 3.63) is 12.2 Å². The third-order valence-electron chi connectivity index (χ3n) is 2.85. The van der Waals surface area contributed by atoms with Crippen LogP contribution in [0.2, 0.25) is 0 Å². The Morgan fingerprint density at radius 1 is 1.25 bits per heavy atom. The Labute approximate surface area is 119 Å². The number of hydrogen-bond donors (Lipinski definition) is 0. The highest BCUT2D eigenvalue weighted by Crippen LogP contribution is 2.31. The van der Waals surface area contributed by atoms with E-state index >= 15 is 0 Å². The van der Waals surface area contributed by atoms with E-state index < -0.39 is 36.0 Å². The summed E-state index contributed by atoms with van der Waals surface area (Å²) >= 11 is 0. The van der Waals surface area contributed by atoms with Gasteiger partial charge in [0.15, 0.2) is 0 Å². The van der Waals surface area contributed by atoms with Gasteiger partial charge in [-0.1, -0.05) is 12.5 Å². The lowest BCUT2D eigenvalue weighted by molar-refractivity contribution is -0.164. The highest BCUT2D eigenvalue weighted by Gasteiger charge is 2.33. The summed E-state index contributed by atoms with van der Waals surface area (Å²) in [5.74, 6) is -1.42. The summed E-state index contributed by atoms with van der Waals surface area (Å²) in [6.45, 7) is 12.4. The molecule has 0 N–H and O–H groups in total. The second-order valence-electron chi connectivity index (χ2n) is 6.43. The van der Waals surface area contributed by atoms with Crippen LogP contribution in [0.15, 0.2) is 12.2 Å². The van der Waals surface area contributed by atoms with E-state index in [1.165, 1.54) is 0 Å². The molecule has 0 spiro atoms. The molecule has 2 atom stereocenters. The summed E-state index contributed by atoms with van der Waals surface area (Å²) in [7, 11) is 0. The van der Waals surface area contributed by atoms with Crippen molar-refractivity contribution in [1.29, 1.82) is 0 Å². The minimum Gasteiger partial charge on any atom is -0.460 e. The Bertz CT molecular complexity index is 340. The van der Waals surface area contributed by atoms with E-state index in [1.807, 2.05) is 0 Å². The molecule has 0 saturated carbocycles. The van der Waals surface area contributed by atoms with Crippen molar-refractivity contribution in [2.45, 2.75) is 65.7 Å². The quantitative estimate of drug-likeness (QED) is 0.515. The van der Waals surface area contributed by atoms with Crippen LogP contribution in [-0.2, 0) is 9.53 Å². The van der Waals surface area contributed by atoms with E-state index in [-0.39, 0.29) is 6.42 Å². The van der Waals surface area contributed by atoms with Gasteiger partial charge in [-0.25, -0.2) is 0 Å². The molecule has 5 heteroatoms. The molecule has 0 amide bonds. The molecule has 2 nitrogen and oxygen atoms in total. The van der Waals surface area contributed by atoms with Gasteiger partial charge in [0.05, 0.1) is 5.92 Å². The lowest BCUT2D eigenvalue weighted by Gasteiger charge is -2.27. The van der Waals surface area contributed by atoms with Crippen molar-refractivity contribution in [1.82, 2.24) is 0 Å². The summed E-state index contributed by atoms with van der Waals surface area (Å²) in [5, 5.41) is 0. The first-order valence-electron chi connectivity index (χ1n) is 6.76. The largest absolute Gasteiger partial charge is 0.460 e. The first kappa shape index (κ1) is 19.0. The van der Waals surface area contributed by atoms with Gasteiger partial charge in [-0.15, -0.1) is 6.58 Å². The van der Waals surface area contributed by atoms with Gasteiger partial charge in [-0.05, 0) is 46.5 Å². The summed E-state index contributed by atoms with van der Waals surface area (Å²) in [5.41, 5.74) is 0.119. The van der Waals surface area contributed by atoms with Gasteiger partial charge in [0.1, 0.15) is 5.60 Å². The summed E-state index contributed by atoms with van der Waals surface area (Å²) in [6, 6.07) is 0. The number of rotatable bonds is 6. The molecule has 118 valence electrons. The fraction of sp³-hybridized carbons (Fsp3) is 0.800. The van der Waals surface area contributed by atoms with E-state index in [1.54, 1.807) is 34.6 Å². The first-order chi connectivity index (χ1) is 8.82. The molecule has 0 aromatic carbocycles. The zero-order valence-electron chi connectivity index (χ0n) is 12.9. The average molecular weight is 294 g/mol. The SMILES string of the molecule is C=C(C)C[C@H](C(=O)OC(C)(C)C)[C@H](C)CCC(F)(F)F. The standard InChI is InChI=1S/C15H25F3O2/c1-10(2)9-12(13(19)20-14(4,5)6)11(3)7-8-15(16,17)18/h11-12H,1,7-9H2,2-6H3/t11-,12+/m1/s1. The van der Waals surface area contributed by atoms with Crippen LogP contribution in [0.3, 0.4) is 0 Å². The molecule has 0 bridgehead atoms. The summed E-state index contributed by atoms with van der Waals surface area (Å²) in [6.07, 6.45) is -4.81. The van der Waals surface area contributed by atoms with E-state index in [0.29, 0.717) is 6.42 Å². The molecule has 0 saturated heterocycles. The van der Waals surface area contributed by atoms with Crippen LogP contribution in [0.4, 0.5) is 13.2 Å². The minimum atomic E-state index is -4.20. The molecule has 20 heavy (non-hydrogen) atoms. The van der Waals surface area contributed by atoms with E-state index in [4.69, 9.17) is 4.74 Å². The number of ether oxygens (including phenoxy) is 1. The third kappa shape index (κ3) is 8.99. The molecule has 0 radical (unpaired) electrons. The molecule has 0 aromatic rings. The molecule has 0 aliphatic carbocycles. The van der Waals surface area contributed by atoms with Gasteiger partial charge in [0.25, 0.3) is 0 Å². The number of allylic oxidation sites excluding steroid dienone is 1. The minimum absolute atomic E-state index is 0.0826. The van der Waals surface area contributed by atoms with Gasteiger partial charge in [-0.2, -0.15) is 13.2 Å². The second kappa shape index (κ2) is 7.14. The monoisotopic (exact) mass is 294 g/mol. The van der Waals surface area contributed by atoms with Gasteiger partial charge >= 0.3 is 12.1 Å². The van der Waals surface area contributed by atoms with Gasteiger partial charge < -0.3 is 4.74 Å². The molecule has 0 aliphatic heterocycles. The van der Waals surface area contributed by atoms with Crippen LogP contribution in [-0.4, -0.2) is 17.7 Å². The zero-order valence-corrected chi connectivity index (χ0v) is 12.9. The normalized spacial score (nSPS) is 15.6. The Kier molecular flexibility index (Phi) is 6.78. The predicted molar refractivity (Wildman–Crippen MR) is 73.2 cm³/mol. The average Bonchev–Trinajstić information content (AvgIpc) is 2.18. The molecular weight excluding hydrogens is 269 g/mol. The molecule has 0 rings (SSSR count). The van der Waals surface area contributed by atoms with Gasteiger partial charge in [0.2, 0.25) is 0 Å². The maximum absolute atomic E-state index is 12.3. The van der Waals surface area contributed by atoms with Gasteiger partial charge in [0, 0.05) is 6.42 Å². The van der Waals surface area contributed by atoms with Crippen LogP contribution < -0.4 is 0 Å². The van der Waals surface area contributed by atoms with Crippen molar-refractivity contribution in [3.8, 4) is 0 Å². The Morgan fingerprint density at radius 2 is 1.75 bits per heavy atom. The summed E-state index contributed by atoms with van der Waals surface area (Å²) < 4.78 is 42.1. The molecule has 0 aliphatic rings. The smallest absolute Gasteiger partial charge is 0.389 e. The molecule has 0 fully saturated rings. The number of carbonyl (C=O) groups is 1. The Balaban J connectivity index is 4.78. The molecule has 0 aromatic heterocycles. The maximum atomic E-state index is 12.3. The maximum Gasteiger partial charge on any atom is 0.389 e. The lowest BCUT2D eigenvalue weighted by atomic mass is 9.85. The van der Waals surface area contributed by atoms with Crippen LogP contribution in [0.5, 0.6) is 0 Å². The fourth-order valence-electron chi connectivity index (χ4n) is 1.86. The van der Waals surface area contributed by atoms with Crippen molar-refractivity contribution < 1.29 is 22.7 Å². The van der Waals surface area contributed by atoms with Crippen LogP contribution in [0, 0.1) is 11.8 Å². The van der Waals surface area contributed by atoms with Crippen molar-refractivity contribution in [2.24, 2.45) is 11.8 Å². The lowest BCUT2D eigenvalue weighted by Crippen LogP contribution is -2.32. The number of alkyl halides is 3. The number of halogens is 3. The second-order valence-corrected chi connectivity index (χ2v) is 6.43. The van der Waals surface area contributed by atoms with Crippen LogP contribution in [0.1, 0.15) is 53.9 Å². The Morgan fingerprint density at radius 3 is 2.10 bits per heavy atom. The molecule has 0 unspecified atom stereocenters. The van der Waals surface area contributed by atoms with Crippen LogP contribution in [0.25, 0.3) is 0 Å². The zero-order chi connectivity index (χ0) is 16.1. The topological polar surface area (TPSA) is 26.3 Å². The van der Waals surface area contributed by atoms with Gasteiger partial charge in [-0.3, -0.25) is 4.79 Å². The number of hydrogen-bond acceptors (Lipinski definition) is 2. The number of carbonyl (C=O) groups excluding carboxylic acids is 1. The van der Waals surface area contributed by atoms with E-state index in [0.717, 1.165) is 5.57 Å². The molecule has 0 heterocycles. The highest BCUT2D eigenvalue weighted by atomic mass is 19.4.